The Hall–Kier alpha value is -1.15. The van der Waals surface area contributed by atoms with Gasteiger partial charge in [-0.15, -0.1) is 0 Å². The van der Waals surface area contributed by atoms with Crippen molar-refractivity contribution in [1.82, 2.24) is 10.0 Å². The molecule has 1 aromatic carbocycles. The van der Waals surface area contributed by atoms with Gasteiger partial charge < -0.3 is 14.8 Å². The van der Waals surface area contributed by atoms with Gasteiger partial charge in [-0.1, -0.05) is 0 Å². The van der Waals surface area contributed by atoms with Crippen molar-refractivity contribution in [3.8, 4) is 5.75 Å². The molecule has 0 unspecified atom stereocenters. The Labute approximate surface area is 114 Å². The highest BCUT2D eigenvalue weighted by Crippen LogP contribution is 2.15. The molecular formula is C12H20N2O4S. The van der Waals surface area contributed by atoms with Crippen molar-refractivity contribution in [2.24, 2.45) is 0 Å². The first-order valence-electron chi connectivity index (χ1n) is 5.96. The lowest BCUT2D eigenvalue weighted by Crippen LogP contribution is -2.30. The fraction of sp³-hybridized carbons (Fsp3) is 0.500. The van der Waals surface area contributed by atoms with Crippen LogP contribution in [0.5, 0.6) is 5.75 Å². The van der Waals surface area contributed by atoms with E-state index in [2.05, 4.69) is 10.0 Å². The minimum atomic E-state index is -3.44. The van der Waals surface area contributed by atoms with Gasteiger partial charge in [0.2, 0.25) is 10.0 Å². The molecule has 0 bridgehead atoms. The number of hydrogen-bond donors (Lipinski definition) is 2. The molecule has 1 aromatic rings. The second-order valence-electron chi connectivity index (χ2n) is 3.81. The van der Waals surface area contributed by atoms with Crippen molar-refractivity contribution in [2.75, 3.05) is 40.5 Å². The van der Waals surface area contributed by atoms with Crippen LogP contribution in [0.15, 0.2) is 29.2 Å². The molecule has 19 heavy (non-hydrogen) atoms. The molecule has 0 amide bonds. The lowest BCUT2D eigenvalue weighted by molar-refractivity contribution is 0.146. The van der Waals surface area contributed by atoms with Crippen LogP contribution >= 0.6 is 0 Å². The molecule has 0 spiro atoms. The van der Waals surface area contributed by atoms with Crippen LogP contribution in [0.3, 0.4) is 0 Å². The number of sulfonamides is 1. The van der Waals surface area contributed by atoms with Crippen LogP contribution in [-0.2, 0) is 14.8 Å². The van der Waals surface area contributed by atoms with E-state index in [0.717, 1.165) is 0 Å². The summed E-state index contributed by atoms with van der Waals surface area (Å²) in [6, 6.07) is 6.29. The number of benzene rings is 1. The highest BCUT2D eigenvalue weighted by molar-refractivity contribution is 7.89. The van der Waals surface area contributed by atoms with Crippen LogP contribution < -0.4 is 14.8 Å². The summed E-state index contributed by atoms with van der Waals surface area (Å²) in [4.78, 5) is 0.225. The Balaban J connectivity index is 2.59. The van der Waals surface area contributed by atoms with Crippen LogP contribution in [0.4, 0.5) is 0 Å². The van der Waals surface area contributed by atoms with Gasteiger partial charge in [0.25, 0.3) is 0 Å². The fourth-order valence-electron chi connectivity index (χ4n) is 1.35. The zero-order chi connectivity index (χ0) is 14.1. The van der Waals surface area contributed by atoms with E-state index in [1.165, 1.54) is 12.1 Å². The Morgan fingerprint density at radius 3 is 2.37 bits per heavy atom. The number of ether oxygens (including phenoxy) is 2. The summed E-state index contributed by atoms with van der Waals surface area (Å²) in [6.45, 7) is 1.86. The van der Waals surface area contributed by atoms with Crippen LogP contribution in [0.25, 0.3) is 0 Å². The van der Waals surface area contributed by atoms with Crippen molar-refractivity contribution < 1.29 is 17.9 Å². The molecule has 0 atom stereocenters. The summed E-state index contributed by atoms with van der Waals surface area (Å²) in [5.41, 5.74) is 0. The Morgan fingerprint density at radius 2 is 1.79 bits per heavy atom. The first kappa shape index (κ1) is 15.9. The van der Waals surface area contributed by atoms with Crippen molar-refractivity contribution in [2.45, 2.75) is 4.90 Å². The standard InChI is InChI=1S/C12H20N2O4S/c1-13-7-8-14-19(15,16)12-5-3-11(4-6-12)18-10-9-17-2/h3-6,13-14H,7-10H2,1-2H3. The quantitative estimate of drug-likeness (QED) is 0.635. The molecule has 0 aliphatic rings. The summed E-state index contributed by atoms with van der Waals surface area (Å²) >= 11 is 0. The van der Waals surface area contributed by atoms with Crippen molar-refractivity contribution in [3.05, 3.63) is 24.3 Å². The first-order valence-corrected chi connectivity index (χ1v) is 7.44. The van der Waals surface area contributed by atoms with E-state index in [1.807, 2.05) is 0 Å². The van der Waals surface area contributed by atoms with Gasteiger partial charge in [0.15, 0.2) is 0 Å². The fourth-order valence-corrected chi connectivity index (χ4v) is 2.38. The third-order valence-corrected chi connectivity index (χ3v) is 3.83. The van der Waals surface area contributed by atoms with Gasteiger partial charge in [0.1, 0.15) is 12.4 Å². The van der Waals surface area contributed by atoms with E-state index in [4.69, 9.17) is 9.47 Å². The van der Waals surface area contributed by atoms with Gasteiger partial charge in [-0.25, -0.2) is 13.1 Å². The monoisotopic (exact) mass is 288 g/mol. The molecule has 0 saturated heterocycles. The van der Waals surface area contributed by atoms with E-state index in [-0.39, 0.29) is 4.90 Å². The van der Waals surface area contributed by atoms with Gasteiger partial charge in [-0.05, 0) is 31.3 Å². The number of methoxy groups -OCH3 is 1. The van der Waals surface area contributed by atoms with Crippen molar-refractivity contribution >= 4 is 10.0 Å². The lowest BCUT2D eigenvalue weighted by atomic mass is 10.3. The highest BCUT2D eigenvalue weighted by Gasteiger charge is 2.12. The molecule has 0 aliphatic carbocycles. The third-order valence-electron chi connectivity index (χ3n) is 2.36. The SMILES string of the molecule is CNCCNS(=O)(=O)c1ccc(OCCOC)cc1. The summed E-state index contributed by atoms with van der Waals surface area (Å²) in [5.74, 6) is 0.617. The number of likely N-dealkylation sites (N-methyl/N-ethyl adjacent to an activating group) is 1. The predicted octanol–water partition coefficient (Wildman–Crippen LogP) is 0.210. The van der Waals surface area contributed by atoms with E-state index >= 15 is 0 Å². The van der Waals surface area contributed by atoms with Crippen LogP contribution in [0, 0.1) is 0 Å². The number of nitrogens with one attached hydrogen (secondary N) is 2. The number of hydrogen-bond acceptors (Lipinski definition) is 5. The second kappa shape index (κ2) is 8.11. The molecule has 2 N–H and O–H groups in total. The van der Waals surface area contributed by atoms with E-state index < -0.39 is 10.0 Å². The summed E-state index contributed by atoms with van der Waals surface area (Å²) < 4.78 is 36.5. The molecule has 6 nitrogen and oxygen atoms in total. The van der Waals surface area contributed by atoms with Gasteiger partial charge in [0.05, 0.1) is 11.5 Å². The van der Waals surface area contributed by atoms with Crippen molar-refractivity contribution in [1.29, 1.82) is 0 Å². The van der Waals surface area contributed by atoms with E-state index in [0.29, 0.717) is 32.1 Å². The van der Waals surface area contributed by atoms with Crippen LogP contribution in [0.2, 0.25) is 0 Å². The van der Waals surface area contributed by atoms with E-state index in [1.54, 1.807) is 26.3 Å². The largest absolute Gasteiger partial charge is 0.491 e. The van der Waals surface area contributed by atoms with Crippen LogP contribution in [-0.4, -0.2) is 48.9 Å². The highest BCUT2D eigenvalue weighted by atomic mass is 32.2. The minimum absolute atomic E-state index is 0.225. The molecule has 108 valence electrons. The summed E-state index contributed by atoms with van der Waals surface area (Å²) in [5, 5.41) is 2.87. The maximum absolute atomic E-state index is 11.9. The Kier molecular flexibility index (Phi) is 6.79. The molecular weight excluding hydrogens is 268 g/mol. The minimum Gasteiger partial charge on any atom is -0.491 e. The zero-order valence-corrected chi connectivity index (χ0v) is 12.0. The maximum Gasteiger partial charge on any atom is 0.240 e. The van der Waals surface area contributed by atoms with Gasteiger partial charge in [-0.3, -0.25) is 0 Å². The predicted molar refractivity (Wildman–Crippen MR) is 72.9 cm³/mol. The van der Waals surface area contributed by atoms with Gasteiger partial charge >= 0.3 is 0 Å². The molecule has 0 aliphatic heterocycles. The average Bonchev–Trinajstić information content (AvgIpc) is 2.40. The van der Waals surface area contributed by atoms with Crippen LogP contribution in [0.1, 0.15) is 0 Å². The normalized spacial score (nSPS) is 11.5. The molecule has 7 heteroatoms. The van der Waals surface area contributed by atoms with Crippen molar-refractivity contribution in [3.63, 3.8) is 0 Å². The lowest BCUT2D eigenvalue weighted by Gasteiger charge is -2.08. The summed E-state index contributed by atoms with van der Waals surface area (Å²) in [6.07, 6.45) is 0. The number of rotatable bonds is 9. The molecule has 1 rings (SSSR count). The molecule has 0 aromatic heterocycles. The topological polar surface area (TPSA) is 76.7 Å². The third kappa shape index (κ3) is 5.56. The van der Waals surface area contributed by atoms with Gasteiger partial charge in [-0.2, -0.15) is 0 Å². The molecule has 0 radical (unpaired) electrons. The Morgan fingerprint density at radius 1 is 1.11 bits per heavy atom. The first-order chi connectivity index (χ1) is 9.10. The molecule has 0 heterocycles. The average molecular weight is 288 g/mol. The maximum atomic E-state index is 11.9. The van der Waals surface area contributed by atoms with E-state index in [9.17, 15) is 8.42 Å². The smallest absolute Gasteiger partial charge is 0.240 e. The Bertz CT molecular complexity index is 459. The summed E-state index contributed by atoms with van der Waals surface area (Å²) in [7, 11) is -0.0872. The molecule has 0 fully saturated rings. The zero-order valence-electron chi connectivity index (χ0n) is 11.2. The molecule has 0 saturated carbocycles. The second-order valence-corrected chi connectivity index (χ2v) is 5.58. The van der Waals surface area contributed by atoms with Gasteiger partial charge in [0, 0.05) is 20.2 Å².